The van der Waals surface area contributed by atoms with Crippen LogP contribution in [0.2, 0.25) is 0 Å². The molecule has 2 aliphatic carbocycles. The summed E-state index contributed by atoms with van der Waals surface area (Å²) in [5.41, 5.74) is 0. The molecule has 2 nitrogen and oxygen atoms in total. The highest BCUT2D eigenvalue weighted by molar-refractivity contribution is 5.02. The van der Waals surface area contributed by atoms with Crippen LogP contribution in [0, 0.1) is 11.8 Å². The molecule has 1 heterocycles. The van der Waals surface area contributed by atoms with Gasteiger partial charge in [0.15, 0.2) is 0 Å². The molecule has 1 N–H and O–H groups in total. The molecule has 0 aromatic heterocycles. The lowest BCUT2D eigenvalue weighted by atomic mass is 10.1. The fourth-order valence-electron chi connectivity index (χ4n) is 3.32. The van der Waals surface area contributed by atoms with E-state index in [2.05, 4.69) is 10.2 Å². The number of rotatable bonds is 1. The molecule has 2 saturated carbocycles. The van der Waals surface area contributed by atoms with E-state index in [4.69, 9.17) is 0 Å². The zero-order valence-electron chi connectivity index (χ0n) is 8.34. The first-order chi connectivity index (χ1) is 6.45. The summed E-state index contributed by atoms with van der Waals surface area (Å²) in [5, 5.41) is 3.49. The largest absolute Gasteiger partial charge is 0.315 e. The average Bonchev–Trinajstić information content (AvgIpc) is 2.88. The zero-order valence-corrected chi connectivity index (χ0v) is 8.34. The minimum absolute atomic E-state index is 0.977. The molecule has 2 heteroatoms. The van der Waals surface area contributed by atoms with E-state index in [1.165, 1.54) is 45.4 Å². The van der Waals surface area contributed by atoms with Crippen LogP contribution >= 0.6 is 0 Å². The molecule has 13 heavy (non-hydrogen) atoms. The SMILES string of the molecule is C1CNCCN(C2CCC3CC32)C1. The van der Waals surface area contributed by atoms with Gasteiger partial charge < -0.3 is 5.32 Å². The first kappa shape index (κ1) is 8.25. The first-order valence-electron chi connectivity index (χ1n) is 5.90. The molecule has 0 bridgehead atoms. The van der Waals surface area contributed by atoms with Gasteiger partial charge in [-0.1, -0.05) is 0 Å². The van der Waals surface area contributed by atoms with Crippen molar-refractivity contribution in [2.24, 2.45) is 11.8 Å². The number of nitrogens with zero attached hydrogens (tertiary/aromatic N) is 1. The van der Waals surface area contributed by atoms with E-state index >= 15 is 0 Å². The van der Waals surface area contributed by atoms with Gasteiger partial charge in [-0.25, -0.2) is 0 Å². The summed E-state index contributed by atoms with van der Waals surface area (Å²) in [6.07, 6.45) is 5.93. The number of hydrogen-bond acceptors (Lipinski definition) is 2. The smallest absolute Gasteiger partial charge is 0.0127 e. The van der Waals surface area contributed by atoms with Crippen molar-refractivity contribution in [2.45, 2.75) is 31.7 Å². The summed E-state index contributed by atoms with van der Waals surface area (Å²) in [5.74, 6) is 2.25. The minimum atomic E-state index is 0.977. The van der Waals surface area contributed by atoms with Gasteiger partial charge >= 0.3 is 0 Å². The van der Waals surface area contributed by atoms with E-state index in [1.807, 2.05) is 0 Å². The van der Waals surface area contributed by atoms with Crippen LogP contribution in [0.25, 0.3) is 0 Å². The third kappa shape index (κ3) is 1.50. The predicted octanol–water partition coefficient (Wildman–Crippen LogP) is 1.08. The third-order valence-corrected chi connectivity index (χ3v) is 4.15. The van der Waals surface area contributed by atoms with Crippen molar-refractivity contribution in [3.8, 4) is 0 Å². The molecule has 3 aliphatic rings. The van der Waals surface area contributed by atoms with Crippen molar-refractivity contribution in [3.63, 3.8) is 0 Å². The van der Waals surface area contributed by atoms with E-state index < -0.39 is 0 Å². The summed E-state index contributed by atoms with van der Waals surface area (Å²) in [7, 11) is 0. The molecule has 3 atom stereocenters. The average molecular weight is 180 g/mol. The Bertz CT molecular complexity index is 185. The Balaban J connectivity index is 1.62. The van der Waals surface area contributed by atoms with Crippen LogP contribution < -0.4 is 5.32 Å². The van der Waals surface area contributed by atoms with Gasteiger partial charge in [0, 0.05) is 19.1 Å². The molecular formula is C11H20N2. The fourth-order valence-corrected chi connectivity index (χ4v) is 3.32. The standard InChI is InChI=1S/C11H20N2/c1-4-12-5-7-13(6-1)11-3-2-9-8-10(9)11/h9-12H,1-8H2. The van der Waals surface area contributed by atoms with Crippen LogP contribution in [0.15, 0.2) is 0 Å². The Labute approximate surface area is 80.7 Å². The van der Waals surface area contributed by atoms with Crippen molar-refractivity contribution in [1.82, 2.24) is 10.2 Å². The van der Waals surface area contributed by atoms with Crippen LogP contribution in [0.3, 0.4) is 0 Å². The minimum Gasteiger partial charge on any atom is -0.315 e. The van der Waals surface area contributed by atoms with Gasteiger partial charge in [0.25, 0.3) is 0 Å². The fraction of sp³-hybridized carbons (Fsp3) is 1.00. The van der Waals surface area contributed by atoms with E-state index in [0.29, 0.717) is 0 Å². The molecule has 0 spiro atoms. The van der Waals surface area contributed by atoms with Crippen LogP contribution in [-0.4, -0.2) is 37.1 Å². The van der Waals surface area contributed by atoms with Gasteiger partial charge in [0.2, 0.25) is 0 Å². The van der Waals surface area contributed by atoms with E-state index in [1.54, 1.807) is 6.42 Å². The number of hydrogen-bond donors (Lipinski definition) is 1. The van der Waals surface area contributed by atoms with Crippen molar-refractivity contribution in [3.05, 3.63) is 0 Å². The van der Waals surface area contributed by atoms with Crippen molar-refractivity contribution in [1.29, 1.82) is 0 Å². The Hall–Kier alpha value is -0.0800. The maximum Gasteiger partial charge on any atom is 0.0127 e. The second kappa shape index (κ2) is 3.25. The molecule has 3 rings (SSSR count). The van der Waals surface area contributed by atoms with Crippen LogP contribution in [-0.2, 0) is 0 Å². The Kier molecular flexibility index (Phi) is 2.06. The monoisotopic (exact) mass is 180 g/mol. The van der Waals surface area contributed by atoms with Crippen LogP contribution in [0.5, 0.6) is 0 Å². The lowest BCUT2D eigenvalue weighted by Crippen LogP contribution is -2.38. The second-order valence-electron chi connectivity index (χ2n) is 4.94. The highest BCUT2D eigenvalue weighted by Gasteiger charge is 2.49. The number of nitrogens with one attached hydrogen (secondary N) is 1. The van der Waals surface area contributed by atoms with Crippen LogP contribution in [0.1, 0.15) is 25.7 Å². The van der Waals surface area contributed by atoms with Gasteiger partial charge in [-0.15, -0.1) is 0 Å². The van der Waals surface area contributed by atoms with Gasteiger partial charge in [-0.3, -0.25) is 4.90 Å². The molecule has 3 fully saturated rings. The van der Waals surface area contributed by atoms with Gasteiger partial charge in [0.1, 0.15) is 0 Å². The summed E-state index contributed by atoms with van der Waals surface area (Å²) in [6.45, 7) is 5.10. The molecule has 0 aromatic rings. The maximum absolute atomic E-state index is 3.49. The summed E-state index contributed by atoms with van der Waals surface area (Å²) in [4.78, 5) is 2.76. The maximum atomic E-state index is 3.49. The van der Waals surface area contributed by atoms with E-state index in [0.717, 1.165) is 17.9 Å². The first-order valence-corrected chi connectivity index (χ1v) is 5.90. The van der Waals surface area contributed by atoms with Gasteiger partial charge in [0.05, 0.1) is 0 Å². The predicted molar refractivity (Wildman–Crippen MR) is 53.7 cm³/mol. The molecule has 0 aromatic carbocycles. The highest BCUT2D eigenvalue weighted by atomic mass is 15.2. The Morgan fingerprint density at radius 3 is 2.85 bits per heavy atom. The summed E-state index contributed by atoms with van der Waals surface area (Å²) >= 11 is 0. The topological polar surface area (TPSA) is 15.3 Å². The van der Waals surface area contributed by atoms with E-state index in [9.17, 15) is 0 Å². The number of fused-ring (bicyclic) bond motifs is 1. The van der Waals surface area contributed by atoms with E-state index in [-0.39, 0.29) is 0 Å². The zero-order chi connectivity index (χ0) is 8.67. The lowest BCUT2D eigenvalue weighted by molar-refractivity contribution is 0.193. The summed E-state index contributed by atoms with van der Waals surface area (Å²) < 4.78 is 0. The molecule has 0 amide bonds. The lowest BCUT2D eigenvalue weighted by Gasteiger charge is -2.28. The second-order valence-corrected chi connectivity index (χ2v) is 4.94. The van der Waals surface area contributed by atoms with Gasteiger partial charge in [-0.05, 0) is 50.6 Å². The Morgan fingerprint density at radius 1 is 1.08 bits per heavy atom. The summed E-state index contributed by atoms with van der Waals surface area (Å²) in [6, 6.07) is 0.977. The Morgan fingerprint density at radius 2 is 2.08 bits per heavy atom. The molecule has 74 valence electrons. The van der Waals surface area contributed by atoms with Crippen molar-refractivity contribution >= 4 is 0 Å². The van der Waals surface area contributed by atoms with Gasteiger partial charge in [-0.2, -0.15) is 0 Å². The quantitative estimate of drug-likeness (QED) is 0.649. The van der Waals surface area contributed by atoms with Crippen molar-refractivity contribution in [2.75, 3.05) is 26.2 Å². The highest BCUT2D eigenvalue weighted by Crippen LogP contribution is 2.53. The van der Waals surface area contributed by atoms with Crippen molar-refractivity contribution < 1.29 is 0 Å². The van der Waals surface area contributed by atoms with Crippen LogP contribution in [0.4, 0.5) is 0 Å². The molecule has 3 unspecified atom stereocenters. The molecule has 0 radical (unpaired) electrons. The third-order valence-electron chi connectivity index (χ3n) is 4.15. The normalized spacial score (nSPS) is 45.7. The molecule has 1 aliphatic heterocycles. The molecule has 1 saturated heterocycles. The molecular weight excluding hydrogens is 160 g/mol.